The largest absolute Gasteiger partial charge is 0.363 e. The number of benzene rings is 1. The van der Waals surface area contributed by atoms with Crippen LogP contribution in [0.5, 0.6) is 0 Å². The molecule has 3 heterocycles. The van der Waals surface area contributed by atoms with Crippen LogP contribution >= 0.6 is 0 Å². The number of hydrogen-bond donors (Lipinski definition) is 0. The Morgan fingerprint density at radius 1 is 1.12 bits per heavy atom. The van der Waals surface area contributed by atoms with Crippen LogP contribution in [-0.4, -0.2) is 70.8 Å². The van der Waals surface area contributed by atoms with Crippen LogP contribution in [0.25, 0.3) is 10.8 Å². The van der Waals surface area contributed by atoms with Crippen molar-refractivity contribution in [1.29, 1.82) is 0 Å². The van der Waals surface area contributed by atoms with Crippen molar-refractivity contribution in [2.24, 2.45) is 0 Å². The minimum absolute atomic E-state index is 0.0152. The van der Waals surface area contributed by atoms with Crippen LogP contribution in [0.4, 0.5) is 5.82 Å². The molecule has 8 heteroatoms. The molecule has 8 nitrogen and oxygen atoms in total. The van der Waals surface area contributed by atoms with Crippen molar-refractivity contribution in [2.45, 2.75) is 32.2 Å². The fraction of sp³-hybridized carbons (Fsp3) is 0.400. The van der Waals surface area contributed by atoms with E-state index in [4.69, 9.17) is 9.97 Å². The van der Waals surface area contributed by atoms with Crippen LogP contribution in [0.3, 0.4) is 0 Å². The fourth-order valence-electron chi connectivity index (χ4n) is 4.16. The van der Waals surface area contributed by atoms with Gasteiger partial charge in [0.15, 0.2) is 0 Å². The molecule has 0 aliphatic carbocycles. The summed E-state index contributed by atoms with van der Waals surface area (Å²) in [7, 11) is 5.64. The van der Waals surface area contributed by atoms with Gasteiger partial charge in [0.05, 0.1) is 12.2 Å². The molecule has 0 bridgehead atoms. The Balaban J connectivity index is 1.60. The summed E-state index contributed by atoms with van der Waals surface area (Å²) in [6.07, 6.45) is 3.48. The van der Waals surface area contributed by atoms with Crippen molar-refractivity contribution in [3.63, 3.8) is 0 Å². The standard InChI is InChI=1S/C25H30N6O2/c1-17(32)30(4)16-20-14-22(29(2)3)28-24(27-20)19-9-7-13-31(15-19)25(33)23-21-10-6-5-8-18(21)11-12-26-23/h5-6,8,10-12,14,19H,7,9,13,15-16H2,1-4H3/t19-/m1/s1. The number of carbonyl (C=O) groups excluding carboxylic acids is 2. The van der Waals surface area contributed by atoms with Crippen molar-refractivity contribution in [3.05, 3.63) is 59.8 Å². The summed E-state index contributed by atoms with van der Waals surface area (Å²) in [6.45, 7) is 3.19. The van der Waals surface area contributed by atoms with E-state index in [2.05, 4.69) is 4.98 Å². The molecule has 0 saturated carbocycles. The zero-order valence-electron chi connectivity index (χ0n) is 19.7. The Labute approximate surface area is 194 Å². The summed E-state index contributed by atoms with van der Waals surface area (Å²) in [6, 6.07) is 11.7. The highest BCUT2D eigenvalue weighted by atomic mass is 16.2. The maximum atomic E-state index is 13.4. The van der Waals surface area contributed by atoms with Gasteiger partial charge >= 0.3 is 0 Å². The molecule has 1 aliphatic heterocycles. The predicted molar refractivity (Wildman–Crippen MR) is 128 cm³/mol. The third kappa shape index (κ3) is 4.94. The summed E-state index contributed by atoms with van der Waals surface area (Å²) < 4.78 is 0. The Morgan fingerprint density at radius 2 is 1.91 bits per heavy atom. The summed E-state index contributed by atoms with van der Waals surface area (Å²) >= 11 is 0. The van der Waals surface area contributed by atoms with E-state index in [1.54, 1.807) is 25.1 Å². The van der Waals surface area contributed by atoms with Gasteiger partial charge in [-0.2, -0.15) is 0 Å². The van der Waals surface area contributed by atoms with Crippen molar-refractivity contribution in [3.8, 4) is 0 Å². The second kappa shape index (κ2) is 9.52. The zero-order valence-corrected chi connectivity index (χ0v) is 19.7. The molecule has 0 spiro atoms. The van der Waals surface area contributed by atoms with Crippen molar-refractivity contribution in [2.75, 3.05) is 39.1 Å². The first-order valence-corrected chi connectivity index (χ1v) is 11.2. The molecule has 1 aromatic carbocycles. The van der Waals surface area contributed by atoms with E-state index in [0.29, 0.717) is 25.3 Å². The van der Waals surface area contributed by atoms with E-state index < -0.39 is 0 Å². The van der Waals surface area contributed by atoms with Crippen molar-refractivity contribution < 1.29 is 9.59 Å². The average molecular weight is 447 g/mol. The molecule has 4 rings (SSSR count). The van der Waals surface area contributed by atoms with Gasteiger partial charge in [-0.05, 0) is 24.3 Å². The first-order chi connectivity index (χ1) is 15.8. The van der Waals surface area contributed by atoms with Gasteiger partial charge < -0.3 is 14.7 Å². The lowest BCUT2D eigenvalue weighted by atomic mass is 9.96. The van der Waals surface area contributed by atoms with E-state index in [0.717, 1.165) is 41.0 Å². The molecule has 33 heavy (non-hydrogen) atoms. The van der Waals surface area contributed by atoms with Gasteiger partial charge in [0.1, 0.15) is 17.3 Å². The molecule has 0 N–H and O–H groups in total. The normalized spacial score (nSPS) is 16.0. The molecule has 1 aliphatic rings. The molecule has 2 aromatic heterocycles. The maximum Gasteiger partial charge on any atom is 0.273 e. The number of anilines is 1. The second-order valence-electron chi connectivity index (χ2n) is 8.82. The van der Waals surface area contributed by atoms with Crippen LogP contribution in [0.1, 0.15) is 47.7 Å². The van der Waals surface area contributed by atoms with Gasteiger partial charge in [0.25, 0.3) is 5.91 Å². The third-order valence-electron chi connectivity index (χ3n) is 6.13. The van der Waals surface area contributed by atoms with Crippen molar-refractivity contribution >= 4 is 28.4 Å². The number of piperidine rings is 1. The number of rotatable bonds is 5. The molecular formula is C25H30N6O2. The SMILES string of the molecule is CC(=O)N(C)Cc1cc(N(C)C)nc([C@@H]2CCCN(C(=O)c3nccc4ccccc34)C2)n1. The Hall–Kier alpha value is -3.55. The summed E-state index contributed by atoms with van der Waals surface area (Å²) in [4.78, 5) is 44.6. The van der Waals surface area contributed by atoms with Gasteiger partial charge in [-0.3, -0.25) is 14.6 Å². The van der Waals surface area contributed by atoms with E-state index in [-0.39, 0.29) is 17.7 Å². The quantitative estimate of drug-likeness (QED) is 0.599. The molecule has 2 amide bonds. The third-order valence-corrected chi connectivity index (χ3v) is 6.13. The van der Waals surface area contributed by atoms with E-state index in [9.17, 15) is 9.59 Å². The molecular weight excluding hydrogens is 416 g/mol. The predicted octanol–water partition coefficient (Wildman–Crippen LogP) is 3.09. The molecule has 0 radical (unpaired) electrons. The number of nitrogens with zero attached hydrogens (tertiary/aromatic N) is 6. The Kier molecular flexibility index (Phi) is 6.53. The van der Waals surface area contributed by atoms with Crippen LogP contribution in [0.15, 0.2) is 42.6 Å². The number of hydrogen-bond acceptors (Lipinski definition) is 6. The van der Waals surface area contributed by atoms with Gasteiger partial charge in [-0.15, -0.1) is 0 Å². The molecule has 1 fully saturated rings. The minimum Gasteiger partial charge on any atom is -0.363 e. The first kappa shape index (κ1) is 22.6. The lowest BCUT2D eigenvalue weighted by Gasteiger charge is -2.32. The molecule has 0 unspecified atom stereocenters. The van der Waals surface area contributed by atoms with Gasteiger partial charge in [0.2, 0.25) is 5.91 Å². The maximum absolute atomic E-state index is 13.4. The van der Waals surface area contributed by atoms with Crippen LogP contribution in [0.2, 0.25) is 0 Å². The topological polar surface area (TPSA) is 82.5 Å². The van der Waals surface area contributed by atoms with Crippen LogP contribution in [0, 0.1) is 0 Å². The number of likely N-dealkylation sites (tertiary alicyclic amines) is 1. The monoisotopic (exact) mass is 446 g/mol. The number of amides is 2. The van der Waals surface area contributed by atoms with Gasteiger partial charge in [0, 0.05) is 64.7 Å². The van der Waals surface area contributed by atoms with E-state index >= 15 is 0 Å². The van der Waals surface area contributed by atoms with E-state index in [1.807, 2.05) is 60.3 Å². The highest BCUT2D eigenvalue weighted by Crippen LogP contribution is 2.28. The number of carbonyl (C=O) groups is 2. The van der Waals surface area contributed by atoms with Crippen LogP contribution in [-0.2, 0) is 11.3 Å². The van der Waals surface area contributed by atoms with E-state index in [1.165, 1.54) is 0 Å². The number of pyridine rings is 1. The lowest BCUT2D eigenvalue weighted by molar-refractivity contribution is -0.128. The summed E-state index contributed by atoms with van der Waals surface area (Å²) in [5.41, 5.74) is 1.28. The summed E-state index contributed by atoms with van der Waals surface area (Å²) in [5, 5.41) is 1.87. The van der Waals surface area contributed by atoms with Crippen molar-refractivity contribution in [1.82, 2.24) is 24.8 Å². The Morgan fingerprint density at radius 3 is 2.67 bits per heavy atom. The average Bonchev–Trinajstić information content (AvgIpc) is 2.83. The molecule has 172 valence electrons. The highest BCUT2D eigenvalue weighted by molar-refractivity contribution is 6.05. The fourth-order valence-corrected chi connectivity index (χ4v) is 4.16. The Bertz CT molecular complexity index is 1170. The second-order valence-corrected chi connectivity index (χ2v) is 8.82. The first-order valence-electron chi connectivity index (χ1n) is 11.2. The molecule has 1 atom stereocenters. The number of fused-ring (bicyclic) bond motifs is 1. The molecule has 1 saturated heterocycles. The van der Waals surface area contributed by atoms with Gasteiger partial charge in [-0.25, -0.2) is 9.97 Å². The molecule has 3 aromatic rings. The van der Waals surface area contributed by atoms with Crippen LogP contribution < -0.4 is 4.90 Å². The minimum atomic E-state index is -0.0585. The summed E-state index contributed by atoms with van der Waals surface area (Å²) in [5.74, 6) is 1.47. The zero-order chi connectivity index (χ0) is 23.5. The lowest BCUT2D eigenvalue weighted by Crippen LogP contribution is -2.40. The smallest absolute Gasteiger partial charge is 0.273 e. The number of aromatic nitrogens is 3. The van der Waals surface area contributed by atoms with Gasteiger partial charge in [-0.1, -0.05) is 24.3 Å². The highest BCUT2D eigenvalue weighted by Gasteiger charge is 2.29.